The highest BCUT2D eigenvalue weighted by Crippen LogP contribution is 2.15. The molecule has 0 saturated heterocycles. The quantitative estimate of drug-likeness (QED) is 0.357. The summed E-state index contributed by atoms with van der Waals surface area (Å²) in [6, 6.07) is 1.10. The van der Waals surface area contributed by atoms with E-state index in [1.165, 1.54) is 44.9 Å². The van der Waals surface area contributed by atoms with Crippen LogP contribution in [0.4, 0.5) is 0 Å². The van der Waals surface area contributed by atoms with E-state index in [1.807, 2.05) is 0 Å². The number of hydrogen-bond acceptors (Lipinski definition) is 3. The Morgan fingerprint density at radius 2 is 1.30 bits per heavy atom. The first kappa shape index (κ1) is 20.1. The first-order chi connectivity index (χ1) is 9.68. The minimum atomic E-state index is -1.88. The molecule has 0 aromatic rings. The third-order valence-corrected chi connectivity index (χ3v) is 6.65. The summed E-state index contributed by atoms with van der Waals surface area (Å²) in [5, 5.41) is 3.54. The standard InChI is InChI=1S/C16H37NO2Si/c1-5-8-9-10-11-12-14-17-15-13-16-20(4,18-6-2)19-7-3/h17H,5-16H2,1-4H3. The van der Waals surface area contributed by atoms with E-state index in [-0.39, 0.29) is 0 Å². The van der Waals surface area contributed by atoms with Gasteiger partial charge in [0.2, 0.25) is 0 Å². The fourth-order valence-corrected chi connectivity index (χ4v) is 4.90. The maximum atomic E-state index is 5.84. The van der Waals surface area contributed by atoms with Crippen molar-refractivity contribution in [1.29, 1.82) is 0 Å². The van der Waals surface area contributed by atoms with Crippen LogP contribution in [0.1, 0.15) is 65.7 Å². The second-order valence-electron chi connectivity index (χ2n) is 5.62. The van der Waals surface area contributed by atoms with E-state index in [0.717, 1.165) is 32.3 Å². The zero-order valence-corrected chi connectivity index (χ0v) is 15.3. The van der Waals surface area contributed by atoms with Crippen molar-refractivity contribution in [3.63, 3.8) is 0 Å². The van der Waals surface area contributed by atoms with Crippen molar-refractivity contribution in [3.8, 4) is 0 Å². The molecular formula is C16H37NO2Si. The van der Waals surface area contributed by atoms with Crippen LogP contribution in [0.15, 0.2) is 0 Å². The van der Waals surface area contributed by atoms with Gasteiger partial charge in [0, 0.05) is 13.2 Å². The average Bonchev–Trinajstić information content (AvgIpc) is 2.41. The van der Waals surface area contributed by atoms with Crippen molar-refractivity contribution in [2.75, 3.05) is 26.3 Å². The van der Waals surface area contributed by atoms with E-state index in [2.05, 4.69) is 32.6 Å². The van der Waals surface area contributed by atoms with Crippen LogP contribution in [-0.2, 0) is 8.85 Å². The Hall–Kier alpha value is 0.0969. The summed E-state index contributed by atoms with van der Waals surface area (Å²) in [5.74, 6) is 0. The molecule has 122 valence electrons. The van der Waals surface area contributed by atoms with Crippen LogP contribution in [0.2, 0.25) is 12.6 Å². The van der Waals surface area contributed by atoms with Gasteiger partial charge < -0.3 is 14.2 Å². The van der Waals surface area contributed by atoms with Crippen LogP contribution in [0, 0.1) is 0 Å². The van der Waals surface area contributed by atoms with E-state index in [1.54, 1.807) is 0 Å². The lowest BCUT2D eigenvalue weighted by molar-refractivity contribution is 0.188. The Morgan fingerprint density at radius 1 is 0.750 bits per heavy atom. The first-order valence-electron chi connectivity index (χ1n) is 8.67. The van der Waals surface area contributed by atoms with Crippen molar-refractivity contribution in [2.24, 2.45) is 0 Å². The van der Waals surface area contributed by atoms with Gasteiger partial charge in [-0.25, -0.2) is 0 Å². The Kier molecular flexibility index (Phi) is 14.1. The van der Waals surface area contributed by atoms with Gasteiger partial charge >= 0.3 is 8.56 Å². The molecule has 0 saturated carbocycles. The third kappa shape index (κ3) is 11.9. The molecule has 0 spiro atoms. The summed E-state index contributed by atoms with van der Waals surface area (Å²) in [6.45, 7) is 12.4. The maximum absolute atomic E-state index is 5.84. The van der Waals surface area contributed by atoms with Crippen LogP contribution in [0.3, 0.4) is 0 Å². The molecule has 0 aliphatic rings. The Balaban J connectivity index is 3.41. The summed E-state index contributed by atoms with van der Waals surface area (Å²) in [4.78, 5) is 0. The first-order valence-corrected chi connectivity index (χ1v) is 11.2. The molecule has 0 aliphatic carbocycles. The topological polar surface area (TPSA) is 30.5 Å². The summed E-state index contributed by atoms with van der Waals surface area (Å²) in [6.07, 6.45) is 9.38. The molecule has 0 atom stereocenters. The van der Waals surface area contributed by atoms with Crippen LogP contribution < -0.4 is 5.32 Å². The number of unbranched alkanes of at least 4 members (excludes halogenated alkanes) is 5. The van der Waals surface area contributed by atoms with Crippen LogP contribution in [0.25, 0.3) is 0 Å². The van der Waals surface area contributed by atoms with Gasteiger partial charge in [-0.2, -0.15) is 0 Å². The van der Waals surface area contributed by atoms with E-state index in [4.69, 9.17) is 8.85 Å². The van der Waals surface area contributed by atoms with Crippen LogP contribution >= 0.6 is 0 Å². The van der Waals surface area contributed by atoms with Gasteiger partial charge in [0.1, 0.15) is 0 Å². The van der Waals surface area contributed by atoms with Gasteiger partial charge in [-0.1, -0.05) is 39.0 Å². The second kappa shape index (κ2) is 14.1. The molecule has 0 aromatic carbocycles. The number of hydrogen-bond donors (Lipinski definition) is 1. The number of rotatable bonds is 15. The molecule has 4 heteroatoms. The van der Waals surface area contributed by atoms with Crippen LogP contribution in [0.5, 0.6) is 0 Å². The van der Waals surface area contributed by atoms with Gasteiger partial charge in [0.15, 0.2) is 0 Å². The molecule has 0 aromatic heterocycles. The zero-order valence-electron chi connectivity index (χ0n) is 14.3. The largest absolute Gasteiger partial charge is 0.395 e. The molecule has 1 N–H and O–H groups in total. The van der Waals surface area contributed by atoms with Crippen molar-refractivity contribution in [3.05, 3.63) is 0 Å². The predicted molar refractivity (Wildman–Crippen MR) is 90.5 cm³/mol. The highest BCUT2D eigenvalue weighted by atomic mass is 28.4. The van der Waals surface area contributed by atoms with E-state index in [0.29, 0.717) is 0 Å². The summed E-state index contributed by atoms with van der Waals surface area (Å²) >= 11 is 0. The van der Waals surface area contributed by atoms with Gasteiger partial charge in [-0.05, 0) is 52.4 Å². The zero-order chi connectivity index (χ0) is 15.1. The van der Waals surface area contributed by atoms with Crippen molar-refractivity contribution in [1.82, 2.24) is 5.32 Å². The van der Waals surface area contributed by atoms with Crippen LogP contribution in [-0.4, -0.2) is 34.9 Å². The lowest BCUT2D eigenvalue weighted by atomic mass is 10.1. The molecule has 0 heterocycles. The molecule has 0 unspecified atom stereocenters. The fraction of sp³-hybridized carbons (Fsp3) is 1.00. The van der Waals surface area contributed by atoms with Gasteiger partial charge in [0.05, 0.1) is 0 Å². The normalized spacial score (nSPS) is 12.0. The Labute approximate surface area is 128 Å². The smallest absolute Gasteiger partial charge is 0.334 e. The van der Waals surface area contributed by atoms with E-state index >= 15 is 0 Å². The SMILES string of the molecule is CCCCCCCCNCCC[Si](C)(OCC)OCC. The molecular weight excluding hydrogens is 266 g/mol. The minimum absolute atomic E-state index is 0.772. The number of nitrogens with one attached hydrogen (secondary N) is 1. The van der Waals surface area contributed by atoms with E-state index < -0.39 is 8.56 Å². The van der Waals surface area contributed by atoms with Gasteiger partial charge in [0.25, 0.3) is 0 Å². The Morgan fingerprint density at radius 3 is 1.90 bits per heavy atom. The van der Waals surface area contributed by atoms with E-state index in [9.17, 15) is 0 Å². The van der Waals surface area contributed by atoms with Gasteiger partial charge in [-0.15, -0.1) is 0 Å². The fourth-order valence-electron chi connectivity index (χ4n) is 2.49. The van der Waals surface area contributed by atoms with Gasteiger partial charge in [-0.3, -0.25) is 0 Å². The molecule has 0 radical (unpaired) electrons. The Bertz CT molecular complexity index is 197. The highest BCUT2D eigenvalue weighted by Gasteiger charge is 2.29. The molecule has 0 bridgehead atoms. The van der Waals surface area contributed by atoms with Crippen molar-refractivity contribution < 1.29 is 8.85 Å². The van der Waals surface area contributed by atoms with Crippen molar-refractivity contribution in [2.45, 2.75) is 78.3 Å². The average molecular weight is 304 g/mol. The monoisotopic (exact) mass is 303 g/mol. The summed E-state index contributed by atoms with van der Waals surface area (Å²) in [5.41, 5.74) is 0. The lowest BCUT2D eigenvalue weighted by Crippen LogP contribution is -2.39. The highest BCUT2D eigenvalue weighted by molar-refractivity contribution is 6.66. The summed E-state index contributed by atoms with van der Waals surface area (Å²) in [7, 11) is -1.88. The molecule has 0 amide bonds. The molecule has 3 nitrogen and oxygen atoms in total. The molecule has 20 heavy (non-hydrogen) atoms. The third-order valence-electron chi connectivity index (χ3n) is 3.59. The summed E-state index contributed by atoms with van der Waals surface area (Å²) < 4.78 is 11.7. The predicted octanol–water partition coefficient (Wildman–Crippen LogP) is 4.47. The lowest BCUT2D eigenvalue weighted by Gasteiger charge is -2.25. The maximum Gasteiger partial charge on any atom is 0.334 e. The minimum Gasteiger partial charge on any atom is -0.395 e. The molecule has 0 rings (SSSR count). The van der Waals surface area contributed by atoms with Crippen molar-refractivity contribution >= 4 is 8.56 Å². The molecule has 0 fully saturated rings. The molecule has 0 aliphatic heterocycles. The second-order valence-corrected chi connectivity index (χ2v) is 8.97.